The van der Waals surface area contributed by atoms with Gasteiger partial charge in [-0.25, -0.2) is 9.37 Å². The predicted octanol–water partition coefficient (Wildman–Crippen LogP) is 6.45. The molecule has 0 saturated carbocycles. The van der Waals surface area contributed by atoms with Crippen LogP contribution in [0.25, 0.3) is 22.3 Å². The average Bonchev–Trinajstić information content (AvgIpc) is 3.04. The van der Waals surface area contributed by atoms with Gasteiger partial charge >= 0.3 is 5.69 Å². The first-order valence-electron chi connectivity index (χ1n) is 14.3. The van der Waals surface area contributed by atoms with Gasteiger partial charge in [-0.15, -0.1) is 0 Å². The number of carbonyl (C=O) groups is 1. The number of amides is 1. The van der Waals surface area contributed by atoms with E-state index in [1.165, 1.54) is 42.6 Å². The molecule has 11 nitrogen and oxygen atoms in total. The molecule has 0 saturated heterocycles. The number of para-hydroxylation sites is 3. The topological polar surface area (TPSA) is 138 Å². The zero-order valence-electron chi connectivity index (χ0n) is 25.5. The maximum atomic E-state index is 14.0. The average molecular weight is 624 g/mol. The van der Waals surface area contributed by atoms with Crippen LogP contribution in [0.4, 0.5) is 15.8 Å². The van der Waals surface area contributed by atoms with Crippen molar-refractivity contribution in [1.82, 2.24) is 9.66 Å². The summed E-state index contributed by atoms with van der Waals surface area (Å²) in [5, 5.41) is 19.1. The molecule has 1 amide bonds. The number of nitrogens with zero attached hydrogens (tertiary/aromatic N) is 4. The van der Waals surface area contributed by atoms with Gasteiger partial charge in [-0.05, 0) is 66.4 Å². The van der Waals surface area contributed by atoms with Crippen LogP contribution in [0.15, 0.2) is 88.8 Å². The Morgan fingerprint density at radius 2 is 1.85 bits per heavy atom. The second-order valence-electron chi connectivity index (χ2n) is 10.6. The van der Waals surface area contributed by atoms with Crippen molar-refractivity contribution in [3.05, 3.63) is 122 Å². The summed E-state index contributed by atoms with van der Waals surface area (Å²) in [6.07, 6.45) is 1.24. The third-order valence-electron chi connectivity index (χ3n) is 7.22. The first kappa shape index (κ1) is 31.5. The van der Waals surface area contributed by atoms with Gasteiger partial charge in [0, 0.05) is 17.2 Å². The zero-order valence-corrected chi connectivity index (χ0v) is 25.5. The lowest BCUT2D eigenvalue weighted by molar-refractivity contribution is -0.385. The minimum absolute atomic E-state index is 0.0643. The van der Waals surface area contributed by atoms with Gasteiger partial charge in [0.2, 0.25) is 5.75 Å². The Morgan fingerprint density at radius 3 is 2.57 bits per heavy atom. The molecule has 46 heavy (non-hydrogen) atoms. The Kier molecular flexibility index (Phi) is 9.17. The van der Waals surface area contributed by atoms with Crippen molar-refractivity contribution in [2.24, 2.45) is 5.10 Å². The van der Waals surface area contributed by atoms with E-state index in [0.29, 0.717) is 22.2 Å². The van der Waals surface area contributed by atoms with Crippen molar-refractivity contribution >= 4 is 34.4 Å². The summed E-state index contributed by atoms with van der Waals surface area (Å²) in [6, 6.07) is 20.4. The molecule has 1 heterocycles. The molecule has 0 spiro atoms. The molecule has 0 radical (unpaired) electrons. The number of hydrogen-bond donors (Lipinski definition) is 1. The minimum atomic E-state index is -0.737. The lowest BCUT2D eigenvalue weighted by Gasteiger charge is -2.17. The highest BCUT2D eigenvalue weighted by atomic mass is 19.1. The monoisotopic (exact) mass is 623 g/mol. The van der Waals surface area contributed by atoms with E-state index in [2.05, 4.69) is 10.4 Å². The number of fused-ring (bicyclic) bond motifs is 1. The van der Waals surface area contributed by atoms with E-state index in [9.17, 15) is 24.1 Å². The van der Waals surface area contributed by atoms with Gasteiger partial charge in [-0.3, -0.25) is 19.7 Å². The number of hydrogen-bond acceptors (Lipinski definition) is 8. The minimum Gasteiger partial charge on any atom is -0.496 e. The normalized spacial score (nSPS) is 11.3. The second-order valence-corrected chi connectivity index (χ2v) is 10.6. The van der Waals surface area contributed by atoms with E-state index >= 15 is 0 Å². The number of aromatic nitrogens is 2. The van der Waals surface area contributed by atoms with Crippen LogP contribution in [0.5, 0.6) is 11.5 Å². The van der Waals surface area contributed by atoms with E-state index in [4.69, 9.17) is 14.5 Å². The summed E-state index contributed by atoms with van der Waals surface area (Å²) in [6.45, 7) is 5.26. The number of nitro benzene ring substituents is 1. The van der Waals surface area contributed by atoms with Crippen LogP contribution in [-0.4, -0.2) is 40.4 Å². The second kappa shape index (κ2) is 13.4. The molecule has 0 fully saturated rings. The van der Waals surface area contributed by atoms with Gasteiger partial charge in [0.15, 0.2) is 12.4 Å². The van der Waals surface area contributed by atoms with Crippen LogP contribution in [0, 0.1) is 22.9 Å². The van der Waals surface area contributed by atoms with E-state index in [-0.39, 0.29) is 28.7 Å². The van der Waals surface area contributed by atoms with Crippen molar-refractivity contribution in [2.75, 3.05) is 19.0 Å². The van der Waals surface area contributed by atoms with Gasteiger partial charge in [-0.1, -0.05) is 44.2 Å². The van der Waals surface area contributed by atoms with Crippen LogP contribution in [0.1, 0.15) is 36.5 Å². The maximum Gasteiger partial charge on any atom is 0.311 e. The van der Waals surface area contributed by atoms with Crippen LogP contribution in [0.3, 0.4) is 0 Å². The molecule has 0 aliphatic heterocycles. The number of rotatable bonds is 10. The lowest BCUT2D eigenvalue weighted by Crippen LogP contribution is -2.22. The van der Waals surface area contributed by atoms with Gasteiger partial charge in [0.1, 0.15) is 11.6 Å². The summed E-state index contributed by atoms with van der Waals surface area (Å²) in [5.41, 5.74) is 1.96. The van der Waals surface area contributed by atoms with E-state index in [0.717, 1.165) is 15.8 Å². The van der Waals surface area contributed by atoms with Gasteiger partial charge in [0.05, 0.1) is 34.8 Å². The molecule has 0 unspecified atom stereocenters. The largest absolute Gasteiger partial charge is 0.496 e. The smallest absolute Gasteiger partial charge is 0.311 e. The highest BCUT2D eigenvalue weighted by Crippen LogP contribution is 2.34. The molecule has 0 atom stereocenters. The Labute approximate surface area is 263 Å². The Balaban J connectivity index is 1.60. The fourth-order valence-electron chi connectivity index (χ4n) is 4.92. The standard InChI is InChI=1S/C34H30FN5O6/c1-20(2)24-17-25(21(3)16-30(24)45-4)33-38-27-13-7-5-11-23(27)34(42)39(33)36-18-22-10-9-15-29(40(43)44)32(22)46-19-31(41)37-28-14-8-6-12-26(28)35/h5-18,20H,19H2,1-4H3,(H,37,41). The molecule has 0 aliphatic rings. The fraction of sp³-hybridized carbons (Fsp3) is 0.176. The highest BCUT2D eigenvalue weighted by Gasteiger charge is 2.22. The molecule has 5 rings (SSSR count). The van der Waals surface area contributed by atoms with Gasteiger partial charge < -0.3 is 14.8 Å². The molecule has 234 valence electrons. The number of halogens is 1. The summed E-state index contributed by atoms with van der Waals surface area (Å²) < 4.78 is 26.4. The van der Waals surface area contributed by atoms with E-state index in [1.54, 1.807) is 37.4 Å². The zero-order chi connectivity index (χ0) is 33.0. The molecular weight excluding hydrogens is 593 g/mol. The molecule has 1 aromatic heterocycles. The number of aryl methyl sites for hydroxylation is 1. The third-order valence-corrected chi connectivity index (χ3v) is 7.22. The lowest BCUT2D eigenvalue weighted by atomic mass is 9.96. The first-order chi connectivity index (χ1) is 22.1. The maximum absolute atomic E-state index is 14.0. The van der Waals surface area contributed by atoms with Crippen LogP contribution in [-0.2, 0) is 4.79 Å². The van der Waals surface area contributed by atoms with Crippen molar-refractivity contribution in [2.45, 2.75) is 26.7 Å². The molecular formula is C34H30FN5O6. The summed E-state index contributed by atoms with van der Waals surface area (Å²) in [5.74, 6) is -0.595. The Bertz CT molecular complexity index is 2060. The van der Waals surface area contributed by atoms with Gasteiger partial charge in [0.25, 0.3) is 11.5 Å². The fourth-order valence-corrected chi connectivity index (χ4v) is 4.92. The SMILES string of the molecule is COc1cc(C)c(-c2nc3ccccc3c(=O)n2N=Cc2cccc([N+](=O)[O-])c2OCC(=O)Nc2ccccc2F)cc1C(C)C. The van der Waals surface area contributed by atoms with Crippen LogP contribution >= 0.6 is 0 Å². The molecule has 0 aliphatic carbocycles. The number of carbonyl (C=O) groups excluding carboxylic acids is 1. The number of benzene rings is 4. The quantitative estimate of drug-likeness (QED) is 0.107. The van der Waals surface area contributed by atoms with Crippen molar-refractivity contribution in [1.29, 1.82) is 0 Å². The molecule has 5 aromatic rings. The third kappa shape index (κ3) is 6.46. The first-order valence-corrected chi connectivity index (χ1v) is 14.3. The molecule has 1 N–H and O–H groups in total. The van der Waals surface area contributed by atoms with E-state index in [1.807, 2.05) is 32.9 Å². The number of methoxy groups -OCH3 is 1. The van der Waals surface area contributed by atoms with Gasteiger partial charge in [-0.2, -0.15) is 9.78 Å². The van der Waals surface area contributed by atoms with E-state index < -0.39 is 34.5 Å². The molecule has 4 aromatic carbocycles. The number of ether oxygens (including phenoxy) is 2. The van der Waals surface area contributed by atoms with Crippen molar-refractivity contribution < 1.29 is 23.6 Å². The van der Waals surface area contributed by atoms with Crippen LogP contribution < -0.4 is 20.3 Å². The number of anilines is 1. The number of nitro groups is 1. The van der Waals surface area contributed by atoms with Crippen LogP contribution in [0.2, 0.25) is 0 Å². The highest BCUT2D eigenvalue weighted by molar-refractivity contribution is 5.92. The molecule has 0 bridgehead atoms. The Hall–Kier alpha value is -5.91. The summed E-state index contributed by atoms with van der Waals surface area (Å²) >= 11 is 0. The van der Waals surface area contributed by atoms with Crippen molar-refractivity contribution in [3.8, 4) is 22.9 Å². The Morgan fingerprint density at radius 1 is 1.11 bits per heavy atom. The predicted molar refractivity (Wildman–Crippen MR) is 173 cm³/mol. The number of nitrogens with one attached hydrogen (secondary N) is 1. The summed E-state index contributed by atoms with van der Waals surface area (Å²) in [4.78, 5) is 42.4. The molecule has 12 heteroatoms. The summed E-state index contributed by atoms with van der Waals surface area (Å²) in [7, 11) is 1.59. The van der Waals surface area contributed by atoms with Crippen molar-refractivity contribution in [3.63, 3.8) is 0 Å².